The smallest absolute Gasteiger partial charge is 0.192 e. The number of Topliss-reactive ketones (excluding diaryl/α,β-unsaturated/α-hetero) is 2. The summed E-state index contributed by atoms with van der Waals surface area (Å²) in [5.41, 5.74) is 1.64. The lowest BCUT2D eigenvalue weighted by molar-refractivity contribution is -0.201. The zero-order valence-corrected chi connectivity index (χ0v) is 14.7. The van der Waals surface area contributed by atoms with E-state index < -0.39 is 5.72 Å². The molecule has 25 heavy (non-hydrogen) atoms. The molecule has 2 atom stereocenters. The molecule has 5 nitrogen and oxygen atoms in total. The van der Waals surface area contributed by atoms with Gasteiger partial charge in [0, 0.05) is 41.3 Å². The molecule has 0 bridgehead atoms. The first-order valence-electron chi connectivity index (χ1n) is 8.98. The molecular weight excluding hydrogens is 318 g/mol. The molecule has 0 spiro atoms. The Morgan fingerprint density at radius 1 is 1.12 bits per heavy atom. The molecule has 0 saturated carbocycles. The minimum Gasteiger partial charge on any atom is -0.379 e. The second kappa shape index (κ2) is 6.16. The number of rotatable bonds is 2. The lowest BCUT2D eigenvalue weighted by Crippen LogP contribution is -2.61. The molecule has 0 N–H and O–H groups in total. The van der Waals surface area contributed by atoms with Crippen molar-refractivity contribution in [2.24, 2.45) is 5.92 Å². The molecule has 1 aromatic rings. The fraction of sp³-hybridized carbons (Fsp3) is 0.500. The van der Waals surface area contributed by atoms with Crippen LogP contribution < -0.4 is 0 Å². The van der Waals surface area contributed by atoms with Crippen LogP contribution >= 0.6 is 0 Å². The highest BCUT2D eigenvalue weighted by Crippen LogP contribution is 2.44. The van der Waals surface area contributed by atoms with E-state index in [-0.39, 0.29) is 24.1 Å². The van der Waals surface area contributed by atoms with Gasteiger partial charge in [0.25, 0.3) is 0 Å². The molecule has 2 heterocycles. The molecule has 1 aliphatic carbocycles. The number of carbonyl (C=O) groups is 2. The van der Waals surface area contributed by atoms with Crippen LogP contribution in [-0.4, -0.2) is 55.1 Å². The van der Waals surface area contributed by atoms with Gasteiger partial charge in [-0.15, -0.1) is 0 Å². The average Bonchev–Trinajstić information content (AvgIpc) is 2.67. The van der Waals surface area contributed by atoms with Gasteiger partial charge in [-0.25, -0.2) is 0 Å². The Bertz CT molecular complexity index is 763. The number of nitrogens with zero attached hydrogens (tertiary/aromatic N) is 1. The summed E-state index contributed by atoms with van der Waals surface area (Å²) in [5, 5.41) is 0. The molecule has 1 fully saturated rings. The Hall–Kier alpha value is -1.82. The number of carbonyl (C=O) groups excluding carboxylic acids is 2. The Labute approximate surface area is 147 Å². The number of benzene rings is 1. The minimum absolute atomic E-state index is 0.0212. The molecule has 0 amide bonds. The molecule has 1 saturated heterocycles. The Kier molecular flexibility index (Phi) is 4.10. The lowest BCUT2D eigenvalue weighted by Gasteiger charge is -2.51. The number of ether oxygens (including phenoxy) is 2. The van der Waals surface area contributed by atoms with Crippen molar-refractivity contribution in [2.45, 2.75) is 26.0 Å². The molecule has 2 aliphatic heterocycles. The Balaban J connectivity index is 1.78. The van der Waals surface area contributed by atoms with Crippen LogP contribution in [0.2, 0.25) is 0 Å². The molecular formula is C20H23NO4. The summed E-state index contributed by atoms with van der Waals surface area (Å²) in [6.07, 6.45) is 0.758. The standard InChI is InChI=1S/C20H23NO4/c1-3-20(21-8-10-24-11-9-21)13(2)17-16(12-25-20)18(22)14-6-4-5-7-15(14)19(17)23/h4-7,13H,3,8-12H2,1-2H3/t13-,20-/m1/s1. The van der Waals surface area contributed by atoms with Crippen LogP contribution in [0.3, 0.4) is 0 Å². The van der Waals surface area contributed by atoms with Crippen molar-refractivity contribution in [1.29, 1.82) is 0 Å². The lowest BCUT2D eigenvalue weighted by atomic mass is 9.73. The fourth-order valence-corrected chi connectivity index (χ4v) is 4.53. The van der Waals surface area contributed by atoms with Gasteiger partial charge in [-0.3, -0.25) is 14.5 Å². The number of hydrogen-bond acceptors (Lipinski definition) is 5. The van der Waals surface area contributed by atoms with Crippen LogP contribution in [0.25, 0.3) is 0 Å². The topological polar surface area (TPSA) is 55.8 Å². The van der Waals surface area contributed by atoms with Gasteiger partial charge in [0.15, 0.2) is 11.6 Å². The predicted octanol–water partition coefficient (Wildman–Crippen LogP) is 2.47. The highest BCUT2D eigenvalue weighted by molar-refractivity contribution is 6.27. The van der Waals surface area contributed by atoms with Crippen LogP contribution in [0.1, 0.15) is 41.0 Å². The molecule has 0 radical (unpaired) electrons. The second-order valence-corrected chi connectivity index (χ2v) is 6.90. The molecule has 5 heteroatoms. The summed E-state index contributed by atoms with van der Waals surface area (Å²) < 4.78 is 11.8. The van der Waals surface area contributed by atoms with Crippen molar-refractivity contribution in [2.75, 3.05) is 32.9 Å². The molecule has 0 unspecified atom stereocenters. The van der Waals surface area contributed by atoms with Crippen LogP contribution in [-0.2, 0) is 9.47 Å². The highest BCUT2D eigenvalue weighted by Gasteiger charge is 2.51. The molecule has 4 rings (SSSR count). The quantitative estimate of drug-likeness (QED) is 0.827. The normalized spacial score (nSPS) is 30.2. The predicted molar refractivity (Wildman–Crippen MR) is 92.7 cm³/mol. The van der Waals surface area contributed by atoms with Gasteiger partial charge in [-0.05, 0) is 6.42 Å². The van der Waals surface area contributed by atoms with E-state index in [0.717, 1.165) is 19.5 Å². The third-order valence-electron chi connectivity index (χ3n) is 5.89. The summed E-state index contributed by atoms with van der Waals surface area (Å²) in [6, 6.07) is 7.10. The molecule has 132 valence electrons. The average molecular weight is 341 g/mol. The maximum Gasteiger partial charge on any atom is 0.192 e. The summed E-state index contributed by atoms with van der Waals surface area (Å²) >= 11 is 0. The SMILES string of the molecule is CC[C@@]1(N2CCOCC2)OCC2=C(C(=O)c3ccccc3C2=O)[C@H]1C. The Morgan fingerprint density at radius 2 is 1.76 bits per heavy atom. The van der Waals surface area contributed by atoms with E-state index in [1.807, 2.05) is 13.0 Å². The van der Waals surface area contributed by atoms with E-state index in [9.17, 15) is 9.59 Å². The summed E-state index contributed by atoms with van der Waals surface area (Å²) in [4.78, 5) is 28.4. The van der Waals surface area contributed by atoms with E-state index >= 15 is 0 Å². The van der Waals surface area contributed by atoms with Crippen molar-refractivity contribution in [3.05, 3.63) is 46.5 Å². The van der Waals surface area contributed by atoms with Gasteiger partial charge >= 0.3 is 0 Å². The first-order chi connectivity index (χ1) is 12.1. The van der Waals surface area contributed by atoms with E-state index in [0.29, 0.717) is 35.5 Å². The van der Waals surface area contributed by atoms with Gasteiger partial charge in [0.1, 0.15) is 5.72 Å². The van der Waals surface area contributed by atoms with Crippen LogP contribution in [0.4, 0.5) is 0 Å². The van der Waals surface area contributed by atoms with Gasteiger partial charge in [-0.1, -0.05) is 38.1 Å². The van der Waals surface area contributed by atoms with Crippen molar-refractivity contribution in [3.8, 4) is 0 Å². The third-order valence-corrected chi connectivity index (χ3v) is 5.89. The molecule has 1 aromatic carbocycles. The maximum absolute atomic E-state index is 13.2. The van der Waals surface area contributed by atoms with Crippen LogP contribution in [0.15, 0.2) is 35.4 Å². The largest absolute Gasteiger partial charge is 0.379 e. The van der Waals surface area contributed by atoms with Crippen LogP contribution in [0, 0.1) is 5.92 Å². The van der Waals surface area contributed by atoms with Crippen molar-refractivity contribution in [1.82, 2.24) is 4.90 Å². The van der Waals surface area contributed by atoms with Crippen molar-refractivity contribution < 1.29 is 19.1 Å². The summed E-state index contributed by atoms with van der Waals surface area (Å²) in [6.45, 7) is 7.19. The summed E-state index contributed by atoms with van der Waals surface area (Å²) in [7, 11) is 0. The zero-order valence-electron chi connectivity index (χ0n) is 14.7. The zero-order chi connectivity index (χ0) is 17.6. The fourth-order valence-electron chi connectivity index (χ4n) is 4.53. The van der Waals surface area contributed by atoms with E-state index in [1.54, 1.807) is 18.2 Å². The van der Waals surface area contributed by atoms with Crippen LogP contribution in [0.5, 0.6) is 0 Å². The number of morpholine rings is 1. The number of hydrogen-bond donors (Lipinski definition) is 0. The Morgan fingerprint density at radius 3 is 2.40 bits per heavy atom. The highest BCUT2D eigenvalue weighted by atomic mass is 16.5. The summed E-state index contributed by atoms with van der Waals surface area (Å²) in [5.74, 6) is -0.250. The number of ketones is 2. The molecule has 3 aliphatic rings. The van der Waals surface area contributed by atoms with Gasteiger partial charge in [0.05, 0.1) is 19.8 Å². The van der Waals surface area contributed by atoms with Gasteiger partial charge in [-0.2, -0.15) is 0 Å². The monoisotopic (exact) mass is 341 g/mol. The van der Waals surface area contributed by atoms with Crippen molar-refractivity contribution in [3.63, 3.8) is 0 Å². The van der Waals surface area contributed by atoms with Gasteiger partial charge in [0.2, 0.25) is 0 Å². The van der Waals surface area contributed by atoms with Crippen molar-refractivity contribution >= 4 is 11.6 Å². The number of fused-ring (bicyclic) bond motifs is 1. The first-order valence-corrected chi connectivity index (χ1v) is 8.98. The van der Waals surface area contributed by atoms with E-state index in [1.165, 1.54) is 0 Å². The second-order valence-electron chi connectivity index (χ2n) is 6.90. The van der Waals surface area contributed by atoms with E-state index in [2.05, 4.69) is 11.8 Å². The van der Waals surface area contributed by atoms with E-state index in [4.69, 9.17) is 9.47 Å². The molecule has 0 aromatic heterocycles. The maximum atomic E-state index is 13.2. The van der Waals surface area contributed by atoms with Gasteiger partial charge < -0.3 is 9.47 Å². The minimum atomic E-state index is -0.551. The third kappa shape index (κ3) is 2.34. The first kappa shape index (κ1) is 16.6.